The molecule has 0 bridgehead atoms. The number of hydrogen-bond acceptors (Lipinski definition) is 1. The molecule has 1 nitrogen and oxygen atoms in total. The fourth-order valence-corrected chi connectivity index (χ4v) is 1.56. The molecule has 0 aliphatic heterocycles. The van der Waals surface area contributed by atoms with Crippen molar-refractivity contribution in [3.05, 3.63) is 33.5 Å². The van der Waals surface area contributed by atoms with Crippen molar-refractivity contribution >= 4 is 15.9 Å². The predicted octanol–water partition coefficient (Wildman–Crippen LogP) is 2.96. The molecule has 0 saturated carbocycles. The number of rotatable bonds is 1. The van der Waals surface area contributed by atoms with Crippen LogP contribution in [0, 0.1) is 24.1 Å². The minimum absolute atomic E-state index is 0.240. The van der Waals surface area contributed by atoms with E-state index in [1.807, 2.05) is 6.07 Å². The van der Waals surface area contributed by atoms with Gasteiger partial charge in [0.2, 0.25) is 0 Å². The van der Waals surface area contributed by atoms with E-state index in [-0.39, 0.29) is 12.2 Å². The number of nitriles is 1. The fraction of sp³-hybridized carbons (Fsp3) is 0.222. The molecule has 0 aliphatic rings. The van der Waals surface area contributed by atoms with Crippen molar-refractivity contribution in [2.75, 3.05) is 0 Å². The Hall–Kier alpha value is -0.880. The van der Waals surface area contributed by atoms with Gasteiger partial charge < -0.3 is 0 Å². The maximum Gasteiger partial charge on any atom is 0.126 e. The third-order valence-electron chi connectivity index (χ3n) is 1.73. The Labute approximate surface area is 79.0 Å². The number of hydrogen-bond donors (Lipinski definition) is 0. The Bertz CT molecular complexity index is 341. The largest absolute Gasteiger partial charge is 0.207 e. The first-order valence-electron chi connectivity index (χ1n) is 3.47. The van der Waals surface area contributed by atoms with E-state index in [2.05, 4.69) is 15.9 Å². The minimum atomic E-state index is -0.261. The Balaban J connectivity index is 3.25. The van der Waals surface area contributed by atoms with Gasteiger partial charge in [0.25, 0.3) is 0 Å². The van der Waals surface area contributed by atoms with Crippen LogP contribution in [0.15, 0.2) is 16.6 Å². The molecule has 0 N–H and O–H groups in total. The van der Waals surface area contributed by atoms with Crippen LogP contribution in [-0.2, 0) is 6.42 Å². The molecule has 0 radical (unpaired) electrons. The molecule has 0 spiro atoms. The summed E-state index contributed by atoms with van der Waals surface area (Å²) in [4.78, 5) is 0. The molecule has 12 heavy (non-hydrogen) atoms. The maximum atomic E-state index is 13.0. The summed E-state index contributed by atoms with van der Waals surface area (Å²) in [7, 11) is 0. The van der Waals surface area contributed by atoms with E-state index in [0.717, 1.165) is 10.0 Å². The minimum Gasteiger partial charge on any atom is -0.207 e. The van der Waals surface area contributed by atoms with Crippen LogP contribution in [0.2, 0.25) is 0 Å². The summed E-state index contributed by atoms with van der Waals surface area (Å²) < 4.78 is 13.7. The van der Waals surface area contributed by atoms with Gasteiger partial charge in [0, 0.05) is 4.47 Å². The van der Waals surface area contributed by atoms with Crippen LogP contribution in [0.3, 0.4) is 0 Å². The topological polar surface area (TPSA) is 23.8 Å². The number of halogens is 2. The van der Waals surface area contributed by atoms with E-state index in [1.165, 1.54) is 6.07 Å². The molecule has 1 rings (SSSR count). The zero-order valence-electron chi connectivity index (χ0n) is 6.56. The zero-order valence-corrected chi connectivity index (χ0v) is 8.15. The predicted molar refractivity (Wildman–Crippen MR) is 48.2 cm³/mol. The van der Waals surface area contributed by atoms with E-state index in [1.54, 1.807) is 13.0 Å². The van der Waals surface area contributed by atoms with Gasteiger partial charge in [-0.25, -0.2) is 4.39 Å². The van der Waals surface area contributed by atoms with E-state index >= 15 is 0 Å². The molecular weight excluding hydrogens is 221 g/mol. The van der Waals surface area contributed by atoms with Gasteiger partial charge >= 0.3 is 0 Å². The summed E-state index contributed by atoms with van der Waals surface area (Å²) in [5.41, 5.74) is 1.28. The first-order chi connectivity index (χ1) is 5.66. The molecule has 0 saturated heterocycles. The van der Waals surface area contributed by atoms with Crippen LogP contribution >= 0.6 is 15.9 Å². The van der Waals surface area contributed by atoms with Crippen molar-refractivity contribution in [2.45, 2.75) is 13.3 Å². The van der Waals surface area contributed by atoms with E-state index in [4.69, 9.17) is 5.26 Å². The Morgan fingerprint density at radius 2 is 2.25 bits per heavy atom. The molecule has 0 atom stereocenters. The highest BCUT2D eigenvalue weighted by molar-refractivity contribution is 9.10. The van der Waals surface area contributed by atoms with Crippen LogP contribution in [0.5, 0.6) is 0 Å². The average Bonchev–Trinajstić information content (AvgIpc) is 2.06. The van der Waals surface area contributed by atoms with E-state index in [0.29, 0.717) is 5.56 Å². The van der Waals surface area contributed by atoms with Crippen LogP contribution < -0.4 is 0 Å². The lowest BCUT2D eigenvalue weighted by molar-refractivity contribution is 0.616. The highest BCUT2D eigenvalue weighted by Gasteiger charge is 2.06. The lowest BCUT2D eigenvalue weighted by Gasteiger charge is -2.04. The van der Waals surface area contributed by atoms with Gasteiger partial charge in [-0.15, -0.1) is 0 Å². The van der Waals surface area contributed by atoms with Crippen molar-refractivity contribution < 1.29 is 4.39 Å². The SMILES string of the molecule is Cc1c(F)ccc(Br)c1CC#N. The average molecular weight is 228 g/mol. The first kappa shape index (κ1) is 9.21. The molecule has 1 aromatic rings. The summed E-state index contributed by atoms with van der Waals surface area (Å²) in [6, 6.07) is 5.01. The maximum absolute atomic E-state index is 13.0. The smallest absolute Gasteiger partial charge is 0.126 e. The second kappa shape index (κ2) is 3.68. The van der Waals surface area contributed by atoms with Gasteiger partial charge in [-0.2, -0.15) is 5.26 Å². The molecule has 62 valence electrons. The molecule has 0 aromatic heterocycles. The van der Waals surface area contributed by atoms with Crippen molar-refractivity contribution in [3.8, 4) is 6.07 Å². The zero-order chi connectivity index (χ0) is 9.14. The summed E-state index contributed by atoms with van der Waals surface area (Å²) in [6.07, 6.45) is 0.240. The fourth-order valence-electron chi connectivity index (χ4n) is 0.991. The molecule has 0 unspecified atom stereocenters. The normalized spacial score (nSPS) is 9.50. The Morgan fingerprint density at radius 1 is 1.58 bits per heavy atom. The van der Waals surface area contributed by atoms with Gasteiger partial charge in [0.05, 0.1) is 12.5 Å². The van der Waals surface area contributed by atoms with Crippen LogP contribution in [-0.4, -0.2) is 0 Å². The summed E-state index contributed by atoms with van der Waals surface area (Å²) in [6.45, 7) is 1.67. The molecular formula is C9H7BrFN. The van der Waals surface area contributed by atoms with Crippen LogP contribution in [0.4, 0.5) is 4.39 Å². The second-order valence-corrected chi connectivity index (χ2v) is 3.32. The molecule has 0 heterocycles. The quantitative estimate of drug-likeness (QED) is 0.724. The molecule has 0 aliphatic carbocycles. The summed E-state index contributed by atoms with van der Waals surface area (Å²) in [5, 5.41) is 8.47. The van der Waals surface area contributed by atoms with Crippen molar-refractivity contribution in [1.29, 1.82) is 5.26 Å². The lowest BCUT2D eigenvalue weighted by atomic mass is 10.1. The molecule has 1 aromatic carbocycles. The Morgan fingerprint density at radius 3 is 2.83 bits per heavy atom. The van der Waals surface area contributed by atoms with Crippen molar-refractivity contribution in [2.24, 2.45) is 0 Å². The summed E-state index contributed by atoms with van der Waals surface area (Å²) >= 11 is 3.26. The van der Waals surface area contributed by atoms with Gasteiger partial charge in [-0.3, -0.25) is 0 Å². The molecule has 0 amide bonds. The highest BCUT2D eigenvalue weighted by Crippen LogP contribution is 2.22. The second-order valence-electron chi connectivity index (χ2n) is 2.47. The van der Waals surface area contributed by atoms with Gasteiger partial charge in [0.1, 0.15) is 5.82 Å². The van der Waals surface area contributed by atoms with Crippen molar-refractivity contribution in [3.63, 3.8) is 0 Å². The van der Waals surface area contributed by atoms with E-state index < -0.39 is 0 Å². The van der Waals surface area contributed by atoms with Gasteiger partial charge in [-0.05, 0) is 30.2 Å². The van der Waals surface area contributed by atoms with Gasteiger partial charge in [-0.1, -0.05) is 15.9 Å². The number of nitrogens with zero attached hydrogens (tertiary/aromatic N) is 1. The monoisotopic (exact) mass is 227 g/mol. The first-order valence-corrected chi connectivity index (χ1v) is 4.26. The molecule has 3 heteroatoms. The third kappa shape index (κ3) is 1.64. The van der Waals surface area contributed by atoms with Crippen LogP contribution in [0.1, 0.15) is 11.1 Å². The lowest BCUT2D eigenvalue weighted by Crippen LogP contribution is -1.92. The van der Waals surface area contributed by atoms with Crippen LogP contribution in [0.25, 0.3) is 0 Å². The molecule has 0 fully saturated rings. The Kier molecular flexibility index (Phi) is 2.83. The number of benzene rings is 1. The van der Waals surface area contributed by atoms with E-state index in [9.17, 15) is 4.39 Å². The van der Waals surface area contributed by atoms with Gasteiger partial charge in [0.15, 0.2) is 0 Å². The summed E-state index contributed by atoms with van der Waals surface area (Å²) in [5.74, 6) is -0.261. The van der Waals surface area contributed by atoms with Crippen molar-refractivity contribution in [1.82, 2.24) is 0 Å². The highest BCUT2D eigenvalue weighted by atomic mass is 79.9. The standard InChI is InChI=1S/C9H7BrFN/c1-6-7(4-5-12)8(10)2-3-9(6)11/h2-3H,4H2,1H3. The third-order valence-corrected chi connectivity index (χ3v) is 2.47.